The number of nitrogens with zero attached hydrogens (tertiary/aromatic N) is 3. The van der Waals surface area contributed by atoms with Crippen molar-refractivity contribution in [2.45, 2.75) is 19.6 Å². The summed E-state index contributed by atoms with van der Waals surface area (Å²) in [7, 11) is 0. The van der Waals surface area contributed by atoms with Crippen molar-refractivity contribution in [1.29, 1.82) is 0 Å². The average molecular weight is 792 g/mol. The standard InChI is InChI=1S/C54H37N3S2/c1-2-12-42(13-3-1)55(43-30-22-38(23-31-43)40-26-34-45(35-27-40)56-47-14-4-8-18-51(47)58-52-19-9-5-15-48(52)56)44-32-24-39(25-33-44)41-28-36-46(37-29-41)57-49-16-6-10-20-53(49)59-54-21-11-7-17-50(54)57/h1-37H. The van der Waals surface area contributed by atoms with Gasteiger partial charge in [0.15, 0.2) is 0 Å². The van der Waals surface area contributed by atoms with Gasteiger partial charge in [-0.1, -0.05) is 139 Å². The lowest BCUT2D eigenvalue weighted by Gasteiger charge is -2.32. The molecule has 2 aliphatic heterocycles. The van der Waals surface area contributed by atoms with Gasteiger partial charge in [0.25, 0.3) is 0 Å². The molecule has 280 valence electrons. The molecule has 0 spiro atoms. The van der Waals surface area contributed by atoms with E-state index in [2.05, 4.69) is 239 Å². The van der Waals surface area contributed by atoms with Gasteiger partial charge >= 0.3 is 0 Å². The van der Waals surface area contributed by atoms with Crippen LogP contribution in [0.5, 0.6) is 0 Å². The predicted molar refractivity (Wildman–Crippen MR) is 250 cm³/mol. The third kappa shape index (κ3) is 6.55. The zero-order valence-corrected chi connectivity index (χ0v) is 33.7. The Bertz CT molecular complexity index is 2650. The second-order valence-corrected chi connectivity index (χ2v) is 16.8. The fourth-order valence-corrected chi connectivity index (χ4v) is 10.3. The molecule has 0 radical (unpaired) electrons. The van der Waals surface area contributed by atoms with Gasteiger partial charge in [0.2, 0.25) is 0 Å². The first-order chi connectivity index (χ1) is 29.2. The maximum Gasteiger partial charge on any atom is 0.0601 e. The fraction of sp³-hybridized carbons (Fsp3) is 0. The van der Waals surface area contributed by atoms with Crippen molar-refractivity contribution in [1.82, 2.24) is 0 Å². The molecular weight excluding hydrogens is 755 g/mol. The van der Waals surface area contributed by atoms with E-state index in [1.165, 1.54) is 64.6 Å². The first-order valence-corrected chi connectivity index (χ1v) is 21.5. The molecule has 0 saturated heterocycles. The molecule has 9 aromatic carbocycles. The van der Waals surface area contributed by atoms with E-state index in [0.717, 1.165) is 28.4 Å². The van der Waals surface area contributed by atoms with E-state index in [0.29, 0.717) is 0 Å². The molecular formula is C54H37N3S2. The normalized spacial score (nSPS) is 12.5. The molecule has 0 unspecified atom stereocenters. The number of hydrogen-bond acceptors (Lipinski definition) is 5. The Kier molecular flexibility index (Phi) is 9.03. The maximum absolute atomic E-state index is 2.37. The van der Waals surface area contributed by atoms with E-state index in [-0.39, 0.29) is 0 Å². The molecule has 0 fully saturated rings. The number of para-hydroxylation sites is 5. The number of fused-ring (bicyclic) bond motifs is 4. The highest BCUT2D eigenvalue weighted by atomic mass is 32.2. The summed E-state index contributed by atoms with van der Waals surface area (Å²) in [5.41, 5.74) is 15.2. The van der Waals surface area contributed by atoms with Crippen LogP contribution >= 0.6 is 23.5 Å². The van der Waals surface area contributed by atoms with Crippen LogP contribution < -0.4 is 14.7 Å². The predicted octanol–water partition coefficient (Wildman–Crippen LogP) is 16.4. The number of hydrogen-bond donors (Lipinski definition) is 0. The summed E-state index contributed by atoms with van der Waals surface area (Å²) >= 11 is 3.67. The Morgan fingerprint density at radius 3 is 0.864 bits per heavy atom. The Balaban J connectivity index is 0.861. The molecule has 0 aromatic heterocycles. The minimum Gasteiger partial charge on any atom is -0.311 e. The molecule has 2 heterocycles. The van der Waals surface area contributed by atoms with Crippen molar-refractivity contribution in [3.8, 4) is 22.3 Å². The van der Waals surface area contributed by atoms with Gasteiger partial charge in [0, 0.05) is 48.0 Å². The first kappa shape index (κ1) is 35.3. The number of anilines is 9. The zero-order chi connectivity index (χ0) is 39.1. The molecule has 0 aliphatic carbocycles. The van der Waals surface area contributed by atoms with Crippen LogP contribution in [0.4, 0.5) is 51.2 Å². The van der Waals surface area contributed by atoms with E-state index in [1.807, 2.05) is 23.5 Å². The molecule has 0 atom stereocenters. The lowest BCUT2D eigenvalue weighted by molar-refractivity contribution is 1.17. The summed E-state index contributed by atoms with van der Waals surface area (Å²) in [5, 5.41) is 0. The van der Waals surface area contributed by atoms with Gasteiger partial charge in [-0.3, -0.25) is 0 Å². The monoisotopic (exact) mass is 791 g/mol. The molecule has 11 rings (SSSR count). The topological polar surface area (TPSA) is 9.72 Å². The van der Waals surface area contributed by atoms with E-state index >= 15 is 0 Å². The van der Waals surface area contributed by atoms with Crippen LogP contribution in [-0.2, 0) is 0 Å². The summed E-state index contributed by atoms with van der Waals surface area (Å²) < 4.78 is 0. The van der Waals surface area contributed by atoms with Crippen molar-refractivity contribution in [3.63, 3.8) is 0 Å². The van der Waals surface area contributed by atoms with Gasteiger partial charge in [-0.2, -0.15) is 0 Å². The van der Waals surface area contributed by atoms with E-state index in [4.69, 9.17) is 0 Å². The van der Waals surface area contributed by atoms with Crippen LogP contribution in [0.2, 0.25) is 0 Å². The van der Waals surface area contributed by atoms with Crippen molar-refractivity contribution < 1.29 is 0 Å². The van der Waals surface area contributed by atoms with E-state index in [9.17, 15) is 0 Å². The van der Waals surface area contributed by atoms with Crippen LogP contribution in [0, 0.1) is 0 Å². The van der Waals surface area contributed by atoms with Gasteiger partial charge in [0.05, 0.1) is 22.7 Å². The SMILES string of the molecule is c1ccc(N(c2ccc(-c3ccc(N4c5ccccc5Sc5ccccc54)cc3)cc2)c2ccc(-c3ccc(N4c5ccccc5Sc5ccccc54)cc3)cc2)cc1. The molecule has 0 saturated carbocycles. The van der Waals surface area contributed by atoms with Crippen LogP contribution in [0.3, 0.4) is 0 Å². The quantitative estimate of drug-likeness (QED) is 0.159. The van der Waals surface area contributed by atoms with Crippen LogP contribution in [-0.4, -0.2) is 0 Å². The van der Waals surface area contributed by atoms with Gasteiger partial charge in [-0.15, -0.1) is 0 Å². The number of benzene rings is 9. The van der Waals surface area contributed by atoms with Crippen LogP contribution in [0.25, 0.3) is 22.3 Å². The molecule has 0 N–H and O–H groups in total. The highest BCUT2D eigenvalue weighted by molar-refractivity contribution is 8.00. The highest BCUT2D eigenvalue weighted by Gasteiger charge is 2.26. The molecule has 59 heavy (non-hydrogen) atoms. The smallest absolute Gasteiger partial charge is 0.0601 e. The second kappa shape index (κ2) is 15.1. The summed E-state index contributed by atoms with van der Waals surface area (Å²) in [5.74, 6) is 0. The third-order valence-electron chi connectivity index (χ3n) is 11.0. The Morgan fingerprint density at radius 2 is 0.525 bits per heavy atom. The minimum absolute atomic E-state index is 1.10. The third-order valence-corrected chi connectivity index (χ3v) is 13.3. The highest BCUT2D eigenvalue weighted by Crippen LogP contribution is 2.53. The van der Waals surface area contributed by atoms with Crippen molar-refractivity contribution in [2.75, 3.05) is 14.7 Å². The Hall–Kier alpha value is -6.92. The lowest BCUT2D eigenvalue weighted by Crippen LogP contribution is -2.14. The van der Waals surface area contributed by atoms with Crippen molar-refractivity contribution in [3.05, 3.63) is 224 Å². The summed E-state index contributed by atoms with van der Waals surface area (Å²) in [6, 6.07) is 81.0. The zero-order valence-electron chi connectivity index (χ0n) is 32.0. The second-order valence-electron chi connectivity index (χ2n) is 14.6. The average Bonchev–Trinajstić information content (AvgIpc) is 3.31. The van der Waals surface area contributed by atoms with E-state index in [1.54, 1.807) is 0 Å². The molecule has 3 nitrogen and oxygen atoms in total. The van der Waals surface area contributed by atoms with Gasteiger partial charge < -0.3 is 14.7 Å². The Morgan fingerprint density at radius 1 is 0.254 bits per heavy atom. The summed E-state index contributed by atoms with van der Waals surface area (Å²) in [6.45, 7) is 0. The molecule has 0 bridgehead atoms. The fourth-order valence-electron chi connectivity index (χ4n) is 8.20. The minimum atomic E-state index is 1.10. The van der Waals surface area contributed by atoms with Crippen LogP contribution in [0.15, 0.2) is 244 Å². The van der Waals surface area contributed by atoms with Crippen molar-refractivity contribution >= 4 is 74.7 Å². The van der Waals surface area contributed by atoms with Crippen LogP contribution in [0.1, 0.15) is 0 Å². The van der Waals surface area contributed by atoms with Gasteiger partial charge in [-0.05, 0) is 131 Å². The molecule has 0 amide bonds. The summed E-state index contributed by atoms with van der Waals surface area (Å²) in [6.07, 6.45) is 0. The van der Waals surface area contributed by atoms with Gasteiger partial charge in [-0.25, -0.2) is 0 Å². The molecule has 9 aromatic rings. The maximum atomic E-state index is 2.37. The lowest BCUT2D eigenvalue weighted by atomic mass is 10.0. The first-order valence-electron chi connectivity index (χ1n) is 19.8. The Labute approximate surface area is 353 Å². The molecule has 2 aliphatic rings. The summed E-state index contributed by atoms with van der Waals surface area (Å²) in [4.78, 5) is 12.1. The largest absolute Gasteiger partial charge is 0.311 e. The van der Waals surface area contributed by atoms with E-state index < -0.39 is 0 Å². The number of rotatable bonds is 7. The molecule has 5 heteroatoms. The van der Waals surface area contributed by atoms with Gasteiger partial charge in [0.1, 0.15) is 0 Å². The van der Waals surface area contributed by atoms with Crippen molar-refractivity contribution in [2.24, 2.45) is 0 Å².